The second kappa shape index (κ2) is 38.4. The average molecular weight is 1530 g/mol. The molecular weight excluding hydrogens is 1420 g/mol. The molecule has 560 valence electrons. The third kappa shape index (κ3) is 21.9. The lowest BCUT2D eigenvalue weighted by atomic mass is 9.88. The number of rotatable bonds is 17. The first-order valence-corrected chi connectivity index (χ1v) is 37.1. The van der Waals surface area contributed by atoms with Gasteiger partial charge >= 0.3 is 0 Å². The topological polar surface area (TPSA) is 288 Å². The van der Waals surface area contributed by atoms with Crippen molar-refractivity contribution in [3.05, 3.63) is 99.1 Å². The van der Waals surface area contributed by atoms with Gasteiger partial charge in [0.1, 0.15) is 59.6 Å². The van der Waals surface area contributed by atoms with E-state index < -0.39 is 150 Å². The number of amides is 12. The van der Waals surface area contributed by atoms with E-state index in [9.17, 15) is 24.0 Å². The van der Waals surface area contributed by atoms with Crippen LogP contribution in [0.1, 0.15) is 143 Å². The predicted octanol–water partition coefficient (Wildman–Crippen LogP) is 5.23. The van der Waals surface area contributed by atoms with E-state index in [0.29, 0.717) is 67.6 Å². The third-order valence-corrected chi connectivity index (χ3v) is 21.0. The van der Waals surface area contributed by atoms with Crippen molar-refractivity contribution in [3.63, 3.8) is 0 Å². The Kier molecular flexibility index (Phi) is 31.1. The van der Waals surface area contributed by atoms with Crippen molar-refractivity contribution in [3.8, 4) is 5.75 Å². The molecule has 102 heavy (non-hydrogen) atoms. The summed E-state index contributed by atoms with van der Waals surface area (Å²) in [5.41, 5.74) is 0.175. The molecule has 0 bridgehead atoms. The zero-order chi connectivity index (χ0) is 75.4. The summed E-state index contributed by atoms with van der Waals surface area (Å²) in [7, 11) is 10.1. The van der Waals surface area contributed by atoms with E-state index in [1.54, 1.807) is 79.4 Å². The number of hydrogen-bond donors (Lipinski definition) is 4. The highest BCUT2D eigenvalue weighted by Gasteiger charge is 2.47. The number of carbonyl (C=O) groups excluding carboxylic acids is 12. The van der Waals surface area contributed by atoms with Crippen molar-refractivity contribution in [1.29, 1.82) is 0 Å². The number of benzene rings is 3. The zero-order valence-electron chi connectivity index (χ0n) is 62.6. The summed E-state index contributed by atoms with van der Waals surface area (Å²) in [5, 5.41) is 11.7. The van der Waals surface area contributed by atoms with E-state index in [4.69, 9.17) is 4.74 Å². The molecule has 26 heteroatoms. The summed E-state index contributed by atoms with van der Waals surface area (Å²) in [6.45, 7) is 14.4. The number of halogens is 1. The van der Waals surface area contributed by atoms with E-state index in [1.807, 2.05) is 59.7 Å². The van der Waals surface area contributed by atoms with Gasteiger partial charge in [-0.15, -0.1) is 0 Å². The van der Waals surface area contributed by atoms with E-state index in [2.05, 4.69) is 43.9 Å². The molecule has 12 amide bonds. The van der Waals surface area contributed by atoms with Crippen LogP contribution in [0.25, 0.3) is 0 Å². The number of carbonyl (C=O) groups is 12. The van der Waals surface area contributed by atoms with Crippen LogP contribution in [0.15, 0.2) is 78.9 Å². The number of nitrogens with one attached hydrogen (secondary N) is 4. The molecule has 3 aromatic carbocycles. The van der Waals surface area contributed by atoms with Crippen molar-refractivity contribution in [2.45, 2.75) is 199 Å². The summed E-state index contributed by atoms with van der Waals surface area (Å²) < 4.78 is 6.24. The van der Waals surface area contributed by atoms with E-state index in [0.717, 1.165) is 14.9 Å². The third-order valence-electron chi connectivity index (χ3n) is 20.3. The molecule has 4 N–H and O–H groups in total. The number of methoxy groups -OCH3 is 1. The van der Waals surface area contributed by atoms with Crippen LogP contribution in [-0.4, -0.2) is 246 Å². The molecule has 0 unspecified atom stereocenters. The Labute approximate surface area is 616 Å². The van der Waals surface area contributed by atoms with Crippen molar-refractivity contribution in [2.24, 2.45) is 17.8 Å². The molecule has 3 aliphatic heterocycles. The van der Waals surface area contributed by atoms with Gasteiger partial charge in [0.25, 0.3) is 0 Å². The van der Waals surface area contributed by atoms with Crippen LogP contribution < -0.4 is 26.0 Å². The van der Waals surface area contributed by atoms with E-state index in [1.165, 1.54) is 78.8 Å². The van der Waals surface area contributed by atoms with Crippen LogP contribution >= 0.6 is 22.6 Å². The molecule has 6 rings (SSSR count). The Morgan fingerprint density at radius 2 is 1.24 bits per heavy atom. The second-order valence-corrected chi connectivity index (χ2v) is 30.3. The molecular formula is C76H111IN12O13. The fourth-order valence-corrected chi connectivity index (χ4v) is 14.0. The van der Waals surface area contributed by atoms with Gasteiger partial charge in [-0.2, -0.15) is 0 Å². The minimum Gasteiger partial charge on any atom is -0.497 e. The van der Waals surface area contributed by atoms with Crippen LogP contribution in [0, 0.1) is 21.3 Å². The van der Waals surface area contributed by atoms with Crippen LogP contribution in [0.5, 0.6) is 5.75 Å². The number of unbranched alkanes of at least 4 members (excludes halogenated alkanes) is 1. The number of hydrogen-bond acceptors (Lipinski definition) is 13. The molecule has 3 aliphatic rings. The monoisotopic (exact) mass is 1530 g/mol. The first-order valence-electron chi connectivity index (χ1n) is 36.0. The normalized spacial score (nSPS) is 25.0. The highest BCUT2D eigenvalue weighted by atomic mass is 127. The summed E-state index contributed by atoms with van der Waals surface area (Å²) in [6, 6.07) is 13.2. The Hall–Kier alpha value is -8.17. The number of likely N-dealkylation sites (N-methyl/N-ethyl adjacent to an activating group) is 6. The standard InChI is InChI=1S/C76H111IN12O13/c1-16-18-30-56-70(96)87(14)76(8,45-52-26-21-19-22-27-52)75(101)80-58(39-48(3)4)69(95)85(12)62(73(99)88-36-23-20-24-37-88)44-64(91)84(11)60(40-49(5)6)68(94)81-66(50(7)17-2)74(100)83(10)47-65(92)89-38-35-59(89)72(98)86(13)61(43-51-31-33-55(102-15)34-32-51)71(97)82(9)46-63(90)78-57(67(93)79-56)42-53-28-25-29-54(77)41-53/h19,21-22,25-29,31-34,41,48-50,56-62,66H,16-18,20,23-24,30,35-40,42-47H2,1-15H3,(H,78,90)(H,79,93)(H,80,101)(H,81,94)/t50-,56-,57-,58-,59-,60-,61-,62-,66-,76-/m0/s1. The van der Waals surface area contributed by atoms with Gasteiger partial charge in [-0.05, 0) is 133 Å². The molecule has 3 heterocycles. The van der Waals surface area contributed by atoms with Crippen molar-refractivity contribution in [1.82, 2.24) is 60.5 Å². The number of nitrogens with zero attached hydrogens (tertiary/aromatic N) is 8. The van der Waals surface area contributed by atoms with Gasteiger partial charge in [-0.25, -0.2) is 0 Å². The van der Waals surface area contributed by atoms with Gasteiger partial charge in [0, 0.05) is 84.8 Å². The molecule has 25 nitrogen and oxygen atoms in total. The maximum absolute atomic E-state index is 15.7. The summed E-state index contributed by atoms with van der Waals surface area (Å²) >= 11 is 2.14. The largest absolute Gasteiger partial charge is 0.497 e. The second-order valence-electron chi connectivity index (χ2n) is 29.0. The maximum Gasteiger partial charge on any atom is 0.246 e. The molecule has 3 saturated heterocycles. The molecule has 10 atom stereocenters. The predicted molar refractivity (Wildman–Crippen MR) is 397 cm³/mol. The van der Waals surface area contributed by atoms with Gasteiger partial charge in [0.2, 0.25) is 70.9 Å². The molecule has 0 aliphatic carbocycles. The van der Waals surface area contributed by atoms with E-state index >= 15 is 33.6 Å². The van der Waals surface area contributed by atoms with Crippen LogP contribution in [0.2, 0.25) is 0 Å². The van der Waals surface area contributed by atoms with Gasteiger partial charge in [-0.1, -0.05) is 122 Å². The van der Waals surface area contributed by atoms with Crippen LogP contribution in [-0.2, 0) is 76.8 Å². The molecule has 0 saturated carbocycles. The number of piperidine rings is 1. The molecule has 0 spiro atoms. The summed E-state index contributed by atoms with van der Waals surface area (Å²) in [6.07, 6.45) is 3.55. The summed E-state index contributed by atoms with van der Waals surface area (Å²) in [4.78, 5) is 191. The van der Waals surface area contributed by atoms with Crippen molar-refractivity contribution in [2.75, 3.05) is 82.1 Å². The van der Waals surface area contributed by atoms with E-state index in [-0.39, 0.29) is 63.3 Å². The Bertz CT molecular complexity index is 3430. The smallest absolute Gasteiger partial charge is 0.246 e. The SMILES string of the molecule is CCCC[C@@H]1NC(=O)[C@H](Cc2cccc(I)c2)NC(=O)CN(C)C(=O)[C@H](Cc2ccc(OC)cc2)N(C)C(=O)[C@@H]2CCN2C(=O)CN(C)C(=O)[C@H]([C@@H](C)CC)NC(=O)[C@H](CC(C)C)N(C)C(=O)C[C@@H](C(=O)N2CCCCC2)N(C)C(=O)[C@H](CC(C)C)NC(=O)[C@](C)(Cc2ccccc2)N(C)C1=O. The van der Waals surface area contributed by atoms with Crippen LogP contribution in [0.4, 0.5) is 0 Å². The Balaban J connectivity index is 1.48. The van der Waals surface area contributed by atoms with Gasteiger partial charge < -0.3 is 65.2 Å². The summed E-state index contributed by atoms with van der Waals surface area (Å²) in [5.74, 6) is -8.11. The minimum absolute atomic E-state index is 0.0299. The molecule has 3 fully saturated rings. The molecule has 0 aromatic heterocycles. The fraction of sp³-hybridized carbons (Fsp3) is 0.605. The van der Waals surface area contributed by atoms with Crippen LogP contribution in [0.3, 0.4) is 0 Å². The lowest BCUT2D eigenvalue weighted by Gasteiger charge is -2.43. The average Bonchev–Trinajstić information content (AvgIpc) is 0.794. The quantitative estimate of drug-likeness (QED) is 0.126. The van der Waals surface area contributed by atoms with Gasteiger partial charge in [0.15, 0.2) is 0 Å². The Morgan fingerprint density at radius 3 is 1.82 bits per heavy atom. The van der Waals surface area contributed by atoms with Gasteiger partial charge in [0.05, 0.1) is 26.6 Å². The number of ether oxygens (including phenoxy) is 1. The first-order chi connectivity index (χ1) is 48.2. The lowest BCUT2D eigenvalue weighted by Crippen LogP contribution is -2.65. The minimum atomic E-state index is -1.79. The number of likely N-dealkylation sites (tertiary alicyclic amines) is 1. The Morgan fingerprint density at radius 1 is 0.598 bits per heavy atom. The maximum atomic E-state index is 15.7. The first kappa shape index (κ1) is 82.8. The van der Waals surface area contributed by atoms with Gasteiger partial charge in [-0.3, -0.25) is 57.5 Å². The van der Waals surface area contributed by atoms with Crippen molar-refractivity contribution >= 4 is 93.5 Å². The fourth-order valence-electron chi connectivity index (χ4n) is 13.4. The highest BCUT2D eigenvalue weighted by molar-refractivity contribution is 14.1. The molecule has 0 radical (unpaired) electrons. The highest BCUT2D eigenvalue weighted by Crippen LogP contribution is 2.28. The lowest BCUT2D eigenvalue weighted by molar-refractivity contribution is -0.157. The number of fused-ring (bicyclic) bond motifs is 1. The molecule has 3 aromatic rings. The van der Waals surface area contributed by atoms with Crippen molar-refractivity contribution < 1.29 is 62.3 Å². The zero-order valence-corrected chi connectivity index (χ0v) is 64.7.